The van der Waals surface area contributed by atoms with Crippen molar-refractivity contribution in [2.24, 2.45) is 23.7 Å². The molecule has 8 nitrogen and oxygen atoms in total. The monoisotopic (exact) mass is 513 g/mol. The molecule has 0 radical (unpaired) electrons. The van der Waals surface area contributed by atoms with Crippen molar-refractivity contribution < 1.29 is 24.2 Å². The summed E-state index contributed by atoms with van der Waals surface area (Å²) in [6, 6.07) is 7.77. The Morgan fingerprint density at radius 2 is 1.89 bits per heavy atom. The van der Waals surface area contributed by atoms with E-state index in [0.717, 1.165) is 25.7 Å². The van der Waals surface area contributed by atoms with Crippen LogP contribution in [-0.4, -0.2) is 64.2 Å². The number of aliphatic hydroxyl groups is 1. The van der Waals surface area contributed by atoms with Gasteiger partial charge in [-0.1, -0.05) is 65.2 Å². The Morgan fingerprint density at radius 1 is 1.19 bits per heavy atom. The number of nitrogens with one attached hydrogen (secondary N) is 2. The second-order valence-electron chi connectivity index (χ2n) is 11.4. The van der Waals surface area contributed by atoms with E-state index in [1.807, 2.05) is 58.0 Å². The Labute approximate surface area is 220 Å². The summed E-state index contributed by atoms with van der Waals surface area (Å²) in [6.07, 6.45) is 4.14. The number of anilines is 1. The smallest absolute Gasteiger partial charge is 0.245 e. The zero-order valence-corrected chi connectivity index (χ0v) is 22.8. The molecule has 37 heavy (non-hydrogen) atoms. The molecule has 3 unspecified atom stereocenters. The molecule has 3 aliphatic heterocycles. The van der Waals surface area contributed by atoms with Gasteiger partial charge in [-0.15, -0.1) is 0 Å². The van der Waals surface area contributed by atoms with Crippen LogP contribution in [0, 0.1) is 23.7 Å². The number of aliphatic hydroxyl groups excluding tert-OH is 1. The maximum absolute atomic E-state index is 14.3. The molecule has 3 amide bonds. The zero-order valence-electron chi connectivity index (χ0n) is 22.8. The van der Waals surface area contributed by atoms with Gasteiger partial charge >= 0.3 is 0 Å². The molecule has 3 saturated heterocycles. The largest absolute Gasteiger partial charge is 0.394 e. The van der Waals surface area contributed by atoms with Crippen LogP contribution in [-0.2, 0) is 19.1 Å². The molecule has 0 aliphatic carbocycles. The van der Waals surface area contributed by atoms with E-state index < -0.39 is 35.1 Å². The number of likely N-dealkylation sites (tertiary alicyclic amines) is 1. The van der Waals surface area contributed by atoms with E-state index in [1.165, 1.54) is 0 Å². The number of fused-ring (bicyclic) bond motifs is 1. The van der Waals surface area contributed by atoms with Gasteiger partial charge in [-0.2, -0.15) is 0 Å². The number of unbranched alkanes of at least 4 members (excludes halogenated alkanes) is 2. The van der Waals surface area contributed by atoms with Gasteiger partial charge in [0, 0.05) is 12.2 Å². The maximum Gasteiger partial charge on any atom is 0.245 e. The van der Waals surface area contributed by atoms with E-state index in [1.54, 1.807) is 4.90 Å². The predicted molar refractivity (Wildman–Crippen MR) is 142 cm³/mol. The molecule has 8 atom stereocenters. The first-order chi connectivity index (χ1) is 17.7. The highest BCUT2D eigenvalue weighted by atomic mass is 16.5. The Hall–Kier alpha value is -2.45. The lowest BCUT2D eigenvalue weighted by Gasteiger charge is -2.39. The van der Waals surface area contributed by atoms with Crippen LogP contribution in [0.4, 0.5) is 5.69 Å². The molecular formula is C29H43N3O5. The lowest BCUT2D eigenvalue weighted by Crippen LogP contribution is -2.59. The fraction of sp³-hybridized carbons (Fsp3) is 0.690. The second kappa shape index (κ2) is 10.7. The Bertz CT molecular complexity index is 1000. The highest BCUT2D eigenvalue weighted by Gasteiger charge is 2.80. The van der Waals surface area contributed by atoms with Crippen LogP contribution in [0.2, 0.25) is 0 Å². The fourth-order valence-corrected chi connectivity index (χ4v) is 6.97. The highest BCUT2D eigenvalue weighted by molar-refractivity contribution is 6.02. The summed E-state index contributed by atoms with van der Waals surface area (Å²) >= 11 is 0. The molecule has 3 heterocycles. The summed E-state index contributed by atoms with van der Waals surface area (Å²) in [6.45, 7) is 10.3. The normalized spacial score (nSPS) is 33.8. The van der Waals surface area contributed by atoms with Crippen LogP contribution in [0.15, 0.2) is 30.3 Å². The molecule has 3 aliphatic rings. The number of ether oxygens (including phenoxy) is 1. The van der Waals surface area contributed by atoms with Crippen LogP contribution in [0.25, 0.3) is 0 Å². The minimum atomic E-state index is -1.11. The van der Waals surface area contributed by atoms with E-state index >= 15 is 0 Å². The van der Waals surface area contributed by atoms with Gasteiger partial charge in [-0.3, -0.25) is 14.4 Å². The van der Waals surface area contributed by atoms with Crippen LogP contribution in [0.5, 0.6) is 0 Å². The van der Waals surface area contributed by atoms with E-state index in [0.29, 0.717) is 18.7 Å². The molecule has 2 bridgehead atoms. The minimum absolute atomic E-state index is 0.0265. The van der Waals surface area contributed by atoms with Gasteiger partial charge in [0.05, 0.1) is 30.1 Å². The molecule has 204 valence electrons. The SMILES string of the molecule is CCCCCNC(=O)C1N([C@@H](CO)[C@@H](C)CC)C(=O)[C@@H]2[C@H](C(=O)Nc3ccccc3)[C@@]3(C)OC12CC3C. The lowest BCUT2D eigenvalue weighted by atomic mass is 9.62. The Balaban J connectivity index is 1.74. The van der Waals surface area contributed by atoms with Crippen molar-refractivity contribution >= 4 is 23.4 Å². The van der Waals surface area contributed by atoms with Crippen molar-refractivity contribution in [2.75, 3.05) is 18.5 Å². The van der Waals surface area contributed by atoms with Crippen molar-refractivity contribution in [1.29, 1.82) is 0 Å². The molecule has 8 heteroatoms. The molecule has 3 N–H and O–H groups in total. The number of carbonyl (C=O) groups is 3. The van der Waals surface area contributed by atoms with Crippen molar-refractivity contribution in [1.82, 2.24) is 10.2 Å². The van der Waals surface area contributed by atoms with Gasteiger partial charge < -0.3 is 25.4 Å². The van der Waals surface area contributed by atoms with E-state index in [-0.39, 0.29) is 36.2 Å². The summed E-state index contributed by atoms with van der Waals surface area (Å²) in [4.78, 5) is 43.5. The van der Waals surface area contributed by atoms with Gasteiger partial charge in [0.1, 0.15) is 11.6 Å². The predicted octanol–water partition coefficient (Wildman–Crippen LogP) is 3.35. The average Bonchev–Trinajstić information content (AvgIpc) is 3.39. The first-order valence-electron chi connectivity index (χ1n) is 13.9. The summed E-state index contributed by atoms with van der Waals surface area (Å²) in [5, 5.41) is 16.5. The third-order valence-electron chi connectivity index (χ3n) is 9.25. The Morgan fingerprint density at radius 3 is 2.51 bits per heavy atom. The summed E-state index contributed by atoms with van der Waals surface area (Å²) in [5.41, 5.74) is -1.34. The lowest BCUT2D eigenvalue weighted by molar-refractivity contribution is -0.151. The first kappa shape index (κ1) is 27.6. The number of para-hydroxylation sites is 1. The third-order valence-corrected chi connectivity index (χ3v) is 9.25. The number of hydrogen-bond acceptors (Lipinski definition) is 5. The summed E-state index contributed by atoms with van der Waals surface area (Å²) in [5.74, 6) is -2.39. The first-order valence-corrected chi connectivity index (χ1v) is 13.9. The highest BCUT2D eigenvalue weighted by Crippen LogP contribution is 2.65. The van der Waals surface area contributed by atoms with Crippen molar-refractivity contribution in [3.8, 4) is 0 Å². The number of hydrogen-bond donors (Lipinski definition) is 3. The van der Waals surface area contributed by atoms with Gasteiger partial charge in [0.25, 0.3) is 0 Å². The number of benzene rings is 1. The van der Waals surface area contributed by atoms with Gasteiger partial charge in [-0.25, -0.2) is 0 Å². The van der Waals surface area contributed by atoms with Crippen molar-refractivity contribution in [3.63, 3.8) is 0 Å². The van der Waals surface area contributed by atoms with E-state index in [2.05, 4.69) is 17.6 Å². The van der Waals surface area contributed by atoms with Crippen molar-refractivity contribution in [3.05, 3.63) is 30.3 Å². The molecule has 1 aromatic rings. The number of nitrogens with zero attached hydrogens (tertiary/aromatic N) is 1. The van der Waals surface area contributed by atoms with Gasteiger partial charge in [0.2, 0.25) is 17.7 Å². The summed E-state index contributed by atoms with van der Waals surface area (Å²) < 4.78 is 6.76. The van der Waals surface area contributed by atoms with Crippen LogP contribution < -0.4 is 10.6 Å². The standard InChI is InChI=1S/C29H43N3O5/c1-6-8-12-15-30-26(35)24-29-16-19(4)28(5,37-29)22(25(34)31-20-13-10-9-11-14-20)23(29)27(36)32(24)21(17-33)18(3)7-2/h9-11,13-14,18-19,21-24,33H,6-8,12,15-17H2,1-5H3,(H,30,35)(H,31,34)/t18-,19?,21-,22+,23-,24?,28-,29?/m0/s1. The number of carbonyl (C=O) groups excluding carboxylic acids is 3. The van der Waals surface area contributed by atoms with Gasteiger partial charge in [-0.05, 0) is 43.7 Å². The third kappa shape index (κ3) is 4.46. The summed E-state index contributed by atoms with van der Waals surface area (Å²) in [7, 11) is 0. The minimum Gasteiger partial charge on any atom is -0.394 e. The molecule has 3 fully saturated rings. The average molecular weight is 514 g/mol. The van der Waals surface area contributed by atoms with Crippen LogP contribution in [0.1, 0.15) is 66.7 Å². The zero-order chi connectivity index (χ0) is 27.0. The molecule has 1 spiro atoms. The van der Waals surface area contributed by atoms with Crippen molar-refractivity contribution in [2.45, 2.75) is 90.0 Å². The Kier molecular flexibility index (Phi) is 8.00. The number of rotatable bonds is 11. The molecule has 0 saturated carbocycles. The molecule has 1 aromatic carbocycles. The molecule has 0 aromatic heterocycles. The second-order valence-corrected chi connectivity index (χ2v) is 11.4. The maximum atomic E-state index is 14.3. The molecule has 4 rings (SSSR count). The van der Waals surface area contributed by atoms with E-state index in [9.17, 15) is 19.5 Å². The fourth-order valence-electron chi connectivity index (χ4n) is 6.97. The van der Waals surface area contributed by atoms with E-state index in [4.69, 9.17) is 4.74 Å². The van der Waals surface area contributed by atoms with Crippen LogP contribution >= 0.6 is 0 Å². The number of amides is 3. The van der Waals surface area contributed by atoms with Crippen LogP contribution in [0.3, 0.4) is 0 Å². The topological polar surface area (TPSA) is 108 Å². The van der Waals surface area contributed by atoms with Gasteiger partial charge in [0.15, 0.2) is 0 Å². The molecular weight excluding hydrogens is 470 g/mol. The quantitative estimate of drug-likeness (QED) is 0.394.